The number of ether oxygens (including phenoxy) is 1. The molecule has 1 amide bonds. The molecule has 1 aromatic rings. The van der Waals surface area contributed by atoms with E-state index in [2.05, 4.69) is 5.32 Å². The number of nitrogens with two attached hydrogens (primary N) is 1. The van der Waals surface area contributed by atoms with Crippen LogP contribution in [0.5, 0.6) is 0 Å². The third kappa shape index (κ3) is 3.66. The van der Waals surface area contributed by atoms with Crippen molar-refractivity contribution in [2.24, 2.45) is 5.73 Å². The van der Waals surface area contributed by atoms with E-state index in [4.69, 9.17) is 22.1 Å². The molecule has 0 heterocycles. The first kappa shape index (κ1) is 14.4. The molecule has 0 saturated heterocycles. The average molecular weight is 274 g/mol. The summed E-state index contributed by atoms with van der Waals surface area (Å²) in [6.07, 6.45) is 0. The number of benzene rings is 1. The van der Waals surface area contributed by atoms with Crippen LogP contribution in [0.25, 0.3) is 0 Å². The minimum Gasteiger partial charge on any atom is -0.383 e. The molecule has 0 radical (unpaired) electrons. The summed E-state index contributed by atoms with van der Waals surface area (Å²) in [4.78, 5) is 21.5. The standard InChI is InChI=1S/C10H12ClN3O4/c1-18-5-8(12)10(15)13-6-2-3-9(14(16)17)7(11)4-6/h2-4,8H,5,12H2,1H3,(H,13,15). The van der Waals surface area contributed by atoms with Gasteiger partial charge in [-0.1, -0.05) is 11.6 Å². The Morgan fingerprint density at radius 3 is 2.83 bits per heavy atom. The molecule has 1 rings (SSSR count). The van der Waals surface area contributed by atoms with Crippen molar-refractivity contribution < 1.29 is 14.5 Å². The molecule has 3 N–H and O–H groups in total. The lowest BCUT2D eigenvalue weighted by atomic mass is 10.2. The molecule has 7 nitrogen and oxygen atoms in total. The molecule has 1 unspecified atom stereocenters. The Hall–Kier alpha value is -1.70. The fourth-order valence-electron chi connectivity index (χ4n) is 1.22. The van der Waals surface area contributed by atoms with Gasteiger partial charge in [0, 0.05) is 18.9 Å². The summed E-state index contributed by atoms with van der Waals surface area (Å²) in [7, 11) is 1.43. The van der Waals surface area contributed by atoms with E-state index in [0.29, 0.717) is 5.69 Å². The molecule has 0 spiro atoms. The van der Waals surface area contributed by atoms with Crippen LogP contribution in [-0.4, -0.2) is 30.6 Å². The van der Waals surface area contributed by atoms with Gasteiger partial charge in [0.05, 0.1) is 11.5 Å². The number of amides is 1. The summed E-state index contributed by atoms with van der Waals surface area (Å²) in [6.45, 7) is 0.0759. The Morgan fingerprint density at radius 1 is 1.67 bits per heavy atom. The summed E-state index contributed by atoms with van der Waals surface area (Å²) in [5.74, 6) is -0.457. The number of halogens is 1. The Kier molecular flexibility index (Phi) is 5.02. The third-order valence-corrected chi connectivity index (χ3v) is 2.40. The smallest absolute Gasteiger partial charge is 0.288 e. The first-order valence-corrected chi connectivity index (χ1v) is 5.33. The second kappa shape index (κ2) is 6.29. The van der Waals surface area contributed by atoms with Gasteiger partial charge in [0.1, 0.15) is 11.1 Å². The lowest BCUT2D eigenvalue weighted by Crippen LogP contribution is -2.39. The van der Waals surface area contributed by atoms with Gasteiger partial charge in [-0.15, -0.1) is 0 Å². The van der Waals surface area contributed by atoms with Gasteiger partial charge in [0.25, 0.3) is 5.69 Å². The van der Waals surface area contributed by atoms with E-state index in [0.717, 1.165) is 0 Å². The van der Waals surface area contributed by atoms with E-state index in [9.17, 15) is 14.9 Å². The molecule has 0 fully saturated rings. The predicted molar refractivity (Wildman–Crippen MR) is 66.6 cm³/mol. The van der Waals surface area contributed by atoms with Crippen LogP contribution in [0.4, 0.5) is 11.4 Å². The van der Waals surface area contributed by atoms with E-state index in [-0.39, 0.29) is 17.3 Å². The zero-order chi connectivity index (χ0) is 13.7. The van der Waals surface area contributed by atoms with Crippen molar-refractivity contribution in [1.82, 2.24) is 0 Å². The molecular weight excluding hydrogens is 262 g/mol. The molecule has 0 bridgehead atoms. The zero-order valence-electron chi connectivity index (χ0n) is 9.55. The predicted octanol–water partition coefficient (Wildman–Crippen LogP) is 1.16. The number of hydrogen-bond acceptors (Lipinski definition) is 5. The van der Waals surface area contributed by atoms with Crippen molar-refractivity contribution in [3.63, 3.8) is 0 Å². The molecule has 0 aromatic heterocycles. The molecular formula is C10H12ClN3O4. The lowest BCUT2D eigenvalue weighted by molar-refractivity contribution is -0.384. The van der Waals surface area contributed by atoms with Crippen LogP contribution in [0.15, 0.2) is 18.2 Å². The van der Waals surface area contributed by atoms with Gasteiger partial charge in [-0.2, -0.15) is 0 Å². The molecule has 18 heavy (non-hydrogen) atoms. The minimum atomic E-state index is -0.816. The average Bonchev–Trinajstić information content (AvgIpc) is 2.28. The maximum atomic E-state index is 11.5. The maximum absolute atomic E-state index is 11.5. The van der Waals surface area contributed by atoms with E-state index in [1.54, 1.807) is 0 Å². The quantitative estimate of drug-likeness (QED) is 0.618. The second-order valence-corrected chi connectivity index (χ2v) is 3.88. The van der Waals surface area contributed by atoms with E-state index in [1.807, 2.05) is 0 Å². The van der Waals surface area contributed by atoms with Crippen LogP contribution in [0.1, 0.15) is 0 Å². The van der Waals surface area contributed by atoms with Crippen LogP contribution >= 0.6 is 11.6 Å². The van der Waals surface area contributed by atoms with Gasteiger partial charge in [0.2, 0.25) is 5.91 Å². The highest BCUT2D eigenvalue weighted by molar-refractivity contribution is 6.33. The first-order valence-electron chi connectivity index (χ1n) is 4.95. The van der Waals surface area contributed by atoms with Crippen molar-refractivity contribution >= 4 is 28.9 Å². The molecule has 98 valence electrons. The van der Waals surface area contributed by atoms with Gasteiger partial charge in [-0.25, -0.2) is 0 Å². The lowest BCUT2D eigenvalue weighted by Gasteiger charge is -2.11. The fraction of sp³-hybridized carbons (Fsp3) is 0.300. The van der Waals surface area contributed by atoms with Crippen molar-refractivity contribution in [3.8, 4) is 0 Å². The largest absolute Gasteiger partial charge is 0.383 e. The number of nitrogens with zero attached hydrogens (tertiary/aromatic N) is 1. The van der Waals surface area contributed by atoms with Gasteiger partial charge in [-0.05, 0) is 12.1 Å². The number of hydrogen-bond donors (Lipinski definition) is 2. The van der Waals surface area contributed by atoms with Crippen LogP contribution in [0.2, 0.25) is 5.02 Å². The van der Waals surface area contributed by atoms with Crippen molar-refractivity contribution in [1.29, 1.82) is 0 Å². The number of carbonyl (C=O) groups excluding carboxylic acids is 1. The molecule has 1 atom stereocenters. The monoisotopic (exact) mass is 273 g/mol. The maximum Gasteiger partial charge on any atom is 0.288 e. The summed E-state index contributed by atoms with van der Waals surface area (Å²) >= 11 is 5.70. The van der Waals surface area contributed by atoms with Crippen LogP contribution in [0.3, 0.4) is 0 Å². The summed E-state index contributed by atoms with van der Waals surface area (Å²) < 4.78 is 4.74. The highest BCUT2D eigenvalue weighted by Crippen LogP contribution is 2.27. The number of nitrogens with one attached hydrogen (secondary N) is 1. The van der Waals surface area contributed by atoms with Crippen molar-refractivity contribution in [3.05, 3.63) is 33.3 Å². The molecule has 8 heteroatoms. The highest BCUT2D eigenvalue weighted by atomic mass is 35.5. The van der Waals surface area contributed by atoms with Crippen LogP contribution in [0, 0.1) is 10.1 Å². The minimum absolute atomic E-state index is 0.0573. The summed E-state index contributed by atoms with van der Waals surface area (Å²) in [5.41, 5.74) is 5.62. The number of rotatable bonds is 5. The Bertz CT molecular complexity index is 466. The summed E-state index contributed by atoms with van der Waals surface area (Å²) in [5, 5.41) is 13.0. The van der Waals surface area contributed by atoms with Gasteiger partial charge in [-0.3, -0.25) is 14.9 Å². The number of anilines is 1. The fourth-order valence-corrected chi connectivity index (χ4v) is 1.47. The SMILES string of the molecule is COCC(N)C(=O)Nc1ccc([N+](=O)[O-])c(Cl)c1. The molecule has 0 saturated carbocycles. The Labute approximate surface area is 108 Å². The zero-order valence-corrected chi connectivity index (χ0v) is 10.3. The van der Waals surface area contributed by atoms with Gasteiger partial charge < -0.3 is 15.8 Å². The molecule has 0 aliphatic heterocycles. The van der Waals surface area contributed by atoms with E-state index in [1.165, 1.54) is 25.3 Å². The number of nitro groups is 1. The van der Waals surface area contributed by atoms with Crippen LogP contribution in [-0.2, 0) is 9.53 Å². The third-order valence-electron chi connectivity index (χ3n) is 2.09. The van der Waals surface area contributed by atoms with Crippen LogP contribution < -0.4 is 11.1 Å². The number of carbonyl (C=O) groups is 1. The second-order valence-electron chi connectivity index (χ2n) is 3.47. The Morgan fingerprint density at radius 2 is 2.33 bits per heavy atom. The topological polar surface area (TPSA) is 107 Å². The molecule has 0 aliphatic carbocycles. The highest BCUT2D eigenvalue weighted by Gasteiger charge is 2.16. The van der Waals surface area contributed by atoms with E-state index >= 15 is 0 Å². The summed E-state index contributed by atoms with van der Waals surface area (Å²) in [6, 6.07) is 3.06. The van der Waals surface area contributed by atoms with Gasteiger partial charge >= 0.3 is 0 Å². The normalized spacial score (nSPS) is 11.9. The van der Waals surface area contributed by atoms with Crippen molar-refractivity contribution in [2.75, 3.05) is 19.0 Å². The molecule has 0 aliphatic rings. The molecule has 1 aromatic carbocycles. The van der Waals surface area contributed by atoms with Crippen molar-refractivity contribution in [2.45, 2.75) is 6.04 Å². The number of methoxy groups -OCH3 is 1. The van der Waals surface area contributed by atoms with E-state index < -0.39 is 16.9 Å². The first-order chi connectivity index (χ1) is 8.45. The number of nitro benzene ring substituents is 1. The Balaban J connectivity index is 2.77. The van der Waals surface area contributed by atoms with Gasteiger partial charge in [0.15, 0.2) is 0 Å².